The molecule has 1 atom stereocenters. The molecule has 0 heterocycles. The Morgan fingerprint density at radius 1 is 1.20 bits per heavy atom. The number of esters is 1. The highest BCUT2D eigenvalue weighted by molar-refractivity contribution is 5.70. The summed E-state index contributed by atoms with van der Waals surface area (Å²) in [4.78, 5) is 11.6. The molecule has 0 bridgehead atoms. The van der Waals surface area contributed by atoms with Gasteiger partial charge >= 0.3 is 5.97 Å². The number of hydrogen-bond acceptors (Lipinski definition) is 2. The zero-order valence-corrected chi connectivity index (χ0v) is 9.28. The average Bonchev–Trinajstić information content (AvgIpc) is 2.71. The lowest BCUT2D eigenvalue weighted by atomic mass is 9.97. The predicted molar refractivity (Wildman–Crippen MR) is 59.4 cm³/mol. The summed E-state index contributed by atoms with van der Waals surface area (Å²) in [6, 6.07) is 0. The van der Waals surface area contributed by atoms with E-state index in [1.807, 2.05) is 0 Å². The van der Waals surface area contributed by atoms with Gasteiger partial charge in [-0.25, -0.2) is 0 Å². The van der Waals surface area contributed by atoms with Crippen LogP contribution >= 0.6 is 0 Å². The van der Waals surface area contributed by atoms with E-state index < -0.39 is 0 Å². The van der Waals surface area contributed by atoms with Crippen LogP contribution in [0.3, 0.4) is 0 Å². The molecule has 0 radical (unpaired) electrons. The molecule has 2 heteroatoms. The van der Waals surface area contributed by atoms with E-state index in [0.717, 1.165) is 25.7 Å². The summed E-state index contributed by atoms with van der Waals surface area (Å²) in [5, 5.41) is 0. The van der Waals surface area contributed by atoms with Crippen LogP contribution in [0.15, 0.2) is 12.2 Å². The third-order valence-electron chi connectivity index (χ3n) is 3.39. The summed E-state index contributed by atoms with van der Waals surface area (Å²) < 4.78 is 5.48. The third kappa shape index (κ3) is 3.37. The molecule has 0 aromatic rings. The fraction of sp³-hybridized carbons (Fsp3) is 0.769. The zero-order valence-electron chi connectivity index (χ0n) is 9.28. The quantitative estimate of drug-likeness (QED) is 0.526. The molecule has 0 amide bonds. The highest BCUT2D eigenvalue weighted by Crippen LogP contribution is 2.24. The normalized spacial score (nSPS) is 26.8. The van der Waals surface area contributed by atoms with E-state index in [1.54, 1.807) is 0 Å². The van der Waals surface area contributed by atoms with Gasteiger partial charge in [0.15, 0.2) is 0 Å². The lowest BCUT2D eigenvalue weighted by molar-refractivity contribution is -0.151. The fourth-order valence-electron chi connectivity index (χ4n) is 2.50. The van der Waals surface area contributed by atoms with Crippen LogP contribution in [0, 0.1) is 5.92 Å². The Hall–Kier alpha value is -0.790. The molecule has 0 saturated heterocycles. The Morgan fingerprint density at radius 2 is 2.00 bits per heavy atom. The second kappa shape index (κ2) is 5.34. The summed E-state index contributed by atoms with van der Waals surface area (Å²) in [5.74, 6) is 0.458. The van der Waals surface area contributed by atoms with E-state index in [9.17, 15) is 4.79 Å². The molecule has 2 aliphatic rings. The maximum atomic E-state index is 11.6. The Bertz CT molecular complexity index is 239. The van der Waals surface area contributed by atoms with Crippen LogP contribution in [-0.2, 0) is 9.53 Å². The van der Waals surface area contributed by atoms with Crippen molar-refractivity contribution >= 4 is 5.97 Å². The summed E-state index contributed by atoms with van der Waals surface area (Å²) in [7, 11) is 0. The van der Waals surface area contributed by atoms with Gasteiger partial charge in [-0.1, -0.05) is 18.6 Å². The van der Waals surface area contributed by atoms with E-state index in [-0.39, 0.29) is 12.1 Å². The van der Waals surface area contributed by atoms with Crippen molar-refractivity contribution in [1.29, 1.82) is 0 Å². The molecule has 15 heavy (non-hydrogen) atoms. The number of hydrogen-bond donors (Lipinski definition) is 0. The number of rotatable bonds is 3. The molecule has 0 aliphatic heterocycles. The highest BCUT2D eigenvalue weighted by Gasteiger charge is 2.20. The van der Waals surface area contributed by atoms with Gasteiger partial charge in [0.2, 0.25) is 0 Å². The lowest BCUT2D eigenvalue weighted by Gasteiger charge is -2.22. The molecule has 0 spiro atoms. The maximum absolute atomic E-state index is 11.6. The number of carbonyl (C=O) groups is 1. The number of ether oxygens (including phenoxy) is 1. The minimum absolute atomic E-state index is 0.0125. The van der Waals surface area contributed by atoms with Gasteiger partial charge < -0.3 is 4.74 Å². The smallest absolute Gasteiger partial charge is 0.306 e. The van der Waals surface area contributed by atoms with Crippen molar-refractivity contribution in [2.45, 2.75) is 57.5 Å². The first-order chi connectivity index (χ1) is 7.34. The molecule has 0 aromatic heterocycles. The summed E-state index contributed by atoms with van der Waals surface area (Å²) in [6.45, 7) is 0. The molecule has 0 N–H and O–H groups in total. The van der Waals surface area contributed by atoms with E-state index in [1.165, 1.54) is 19.3 Å². The van der Waals surface area contributed by atoms with Gasteiger partial charge in [0.05, 0.1) is 6.42 Å². The van der Waals surface area contributed by atoms with Gasteiger partial charge in [-0.3, -0.25) is 4.79 Å². The summed E-state index contributed by atoms with van der Waals surface area (Å²) in [6.07, 6.45) is 13.3. The maximum Gasteiger partial charge on any atom is 0.306 e. The Labute approximate surface area is 91.7 Å². The standard InChI is InChI=1S/C13H20O2/c14-13(10-11-6-4-5-7-11)15-12-8-2-1-3-9-12/h4,6,11-12H,1-3,5,7-10H2/t11-/m0/s1. The SMILES string of the molecule is O=C(C[C@H]1C=CCC1)OC1CCCCC1. The van der Waals surface area contributed by atoms with Crippen molar-refractivity contribution in [3.05, 3.63) is 12.2 Å². The zero-order chi connectivity index (χ0) is 10.5. The first-order valence-electron chi connectivity index (χ1n) is 6.21. The second-order valence-corrected chi connectivity index (χ2v) is 4.72. The van der Waals surface area contributed by atoms with Crippen molar-refractivity contribution in [1.82, 2.24) is 0 Å². The van der Waals surface area contributed by atoms with Gasteiger partial charge in [0.25, 0.3) is 0 Å². The Morgan fingerprint density at radius 3 is 2.67 bits per heavy atom. The highest BCUT2D eigenvalue weighted by atomic mass is 16.5. The van der Waals surface area contributed by atoms with Gasteiger partial charge in [-0.15, -0.1) is 0 Å². The topological polar surface area (TPSA) is 26.3 Å². The third-order valence-corrected chi connectivity index (χ3v) is 3.39. The first kappa shape index (κ1) is 10.7. The molecule has 0 aromatic carbocycles. The van der Waals surface area contributed by atoms with E-state index >= 15 is 0 Å². The van der Waals surface area contributed by atoms with Crippen molar-refractivity contribution in [2.24, 2.45) is 5.92 Å². The van der Waals surface area contributed by atoms with Crippen LogP contribution in [0.4, 0.5) is 0 Å². The van der Waals surface area contributed by atoms with Crippen LogP contribution < -0.4 is 0 Å². The van der Waals surface area contributed by atoms with Crippen LogP contribution in [0.1, 0.15) is 51.4 Å². The monoisotopic (exact) mass is 208 g/mol. The molecule has 84 valence electrons. The number of allylic oxidation sites excluding steroid dienone is 2. The molecule has 2 aliphatic carbocycles. The molecular formula is C13H20O2. The Balaban J connectivity index is 1.69. The van der Waals surface area contributed by atoms with Gasteiger partial charge in [-0.05, 0) is 44.4 Å². The predicted octanol–water partition coefficient (Wildman–Crippen LogP) is 3.22. The van der Waals surface area contributed by atoms with Crippen LogP contribution in [0.25, 0.3) is 0 Å². The van der Waals surface area contributed by atoms with Crippen molar-refractivity contribution in [3.63, 3.8) is 0 Å². The Kier molecular flexibility index (Phi) is 3.81. The largest absolute Gasteiger partial charge is 0.462 e. The first-order valence-corrected chi connectivity index (χ1v) is 6.21. The van der Waals surface area contributed by atoms with E-state index in [2.05, 4.69) is 12.2 Å². The summed E-state index contributed by atoms with van der Waals surface area (Å²) >= 11 is 0. The molecule has 0 unspecified atom stereocenters. The van der Waals surface area contributed by atoms with E-state index in [0.29, 0.717) is 12.3 Å². The molecule has 2 rings (SSSR count). The molecule has 2 nitrogen and oxygen atoms in total. The molecule has 1 fully saturated rings. The molecule has 1 saturated carbocycles. The van der Waals surface area contributed by atoms with E-state index in [4.69, 9.17) is 4.74 Å². The van der Waals surface area contributed by atoms with Gasteiger partial charge in [0, 0.05) is 0 Å². The lowest BCUT2D eigenvalue weighted by Crippen LogP contribution is -2.21. The van der Waals surface area contributed by atoms with Crippen LogP contribution in [-0.4, -0.2) is 12.1 Å². The van der Waals surface area contributed by atoms with Crippen molar-refractivity contribution < 1.29 is 9.53 Å². The average molecular weight is 208 g/mol. The minimum Gasteiger partial charge on any atom is -0.462 e. The molecular weight excluding hydrogens is 188 g/mol. The van der Waals surface area contributed by atoms with Crippen molar-refractivity contribution in [3.8, 4) is 0 Å². The van der Waals surface area contributed by atoms with Crippen LogP contribution in [0.5, 0.6) is 0 Å². The number of carbonyl (C=O) groups excluding carboxylic acids is 1. The second-order valence-electron chi connectivity index (χ2n) is 4.72. The van der Waals surface area contributed by atoms with Crippen molar-refractivity contribution in [2.75, 3.05) is 0 Å². The van der Waals surface area contributed by atoms with Gasteiger partial charge in [0.1, 0.15) is 6.10 Å². The summed E-state index contributed by atoms with van der Waals surface area (Å²) in [5.41, 5.74) is 0. The van der Waals surface area contributed by atoms with Gasteiger partial charge in [-0.2, -0.15) is 0 Å². The van der Waals surface area contributed by atoms with Crippen LogP contribution in [0.2, 0.25) is 0 Å². The fourth-order valence-corrected chi connectivity index (χ4v) is 2.50. The minimum atomic E-state index is 0.0125.